The summed E-state index contributed by atoms with van der Waals surface area (Å²) in [7, 11) is 0. The molecule has 0 bridgehead atoms. The lowest BCUT2D eigenvalue weighted by atomic mass is 10.1. The summed E-state index contributed by atoms with van der Waals surface area (Å²) in [4.78, 5) is 31.7. The van der Waals surface area contributed by atoms with Gasteiger partial charge in [-0.3, -0.25) is 18.9 Å². The lowest BCUT2D eigenvalue weighted by Crippen LogP contribution is -2.43. The molecular formula is C21H16N4O3S. The molecule has 144 valence electrons. The second kappa shape index (κ2) is 7.06. The molecule has 0 unspecified atom stereocenters. The number of hydrogen-bond donors (Lipinski definition) is 1. The predicted molar refractivity (Wildman–Crippen MR) is 111 cm³/mol. The van der Waals surface area contributed by atoms with Gasteiger partial charge < -0.3 is 10.1 Å². The third-order valence-corrected chi connectivity index (χ3v) is 5.44. The molecule has 29 heavy (non-hydrogen) atoms. The second-order valence-corrected chi connectivity index (χ2v) is 7.45. The van der Waals surface area contributed by atoms with Crippen LogP contribution in [-0.2, 0) is 9.59 Å². The monoisotopic (exact) mass is 404 g/mol. The number of nitrogens with zero attached hydrogens (tertiary/aromatic N) is 3. The molecule has 1 N–H and O–H groups in total. The lowest BCUT2D eigenvalue weighted by Gasteiger charge is -2.28. The Hall–Kier alpha value is -3.65. The lowest BCUT2D eigenvalue weighted by molar-refractivity contribution is -0.123. The van der Waals surface area contributed by atoms with Gasteiger partial charge in [0.05, 0.1) is 11.4 Å². The first-order valence-electron chi connectivity index (χ1n) is 9.02. The molecule has 0 atom stereocenters. The number of ether oxygens (including phenoxy) is 1. The van der Waals surface area contributed by atoms with Crippen LogP contribution in [0, 0.1) is 0 Å². The van der Waals surface area contributed by atoms with E-state index in [0.717, 1.165) is 16.2 Å². The molecule has 1 aliphatic heterocycles. The van der Waals surface area contributed by atoms with Crippen molar-refractivity contribution in [2.45, 2.75) is 0 Å². The first-order chi connectivity index (χ1) is 14.2. The van der Waals surface area contributed by atoms with Crippen molar-refractivity contribution in [2.75, 3.05) is 23.4 Å². The third kappa shape index (κ3) is 3.34. The maximum absolute atomic E-state index is 12.5. The molecule has 0 aliphatic carbocycles. The van der Waals surface area contributed by atoms with Crippen LogP contribution in [0.2, 0.25) is 0 Å². The van der Waals surface area contributed by atoms with Gasteiger partial charge >= 0.3 is 0 Å². The van der Waals surface area contributed by atoms with E-state index >= 15 is 0 Å². The average Bonchev–Trinajstić information content (AvgIpc) is 3.33. The number of rotatable bonds is 4. The molecule has 0 radical (unpaired) electrons. The Labute approximate surface area is 170 Å². The van der Waals surface area contributed by atoms with Gasteiger partial charge in [-0.25, -0.2) is 4.98 Å². The smallest absolute Gasteiger partial charge is 0.265 e. The van der Waals surface area contributed by atoms with Crippen molar-refractivity contribution in [3.05, 3.63) is 66.3 Å². The Morgan fingerprint density at radius 3 is 2.83 bits per heavy atom. The zero-order valence-electron chi connectivity index (χ0n) is 15.2. The topological polar surface area (TPSA) is 75.9 Å². The van der Waals surface area contributed by atoms with Gasteiger partial charge in [-0.2, -0.15) is 0 Å². The van der Waals surface area contributed by atoms with Gasteiger partial charge in [0.2, 0.25) is 5.91 Å². The molecule has 1 aliphatic rings. The highest BCUT2D eigenvalue weighted by molar-refractivity contribution is 7.15. The van der Waals surface area contributed by atoms with Gasteiger partial charge in [-0.1, -0.05) is 24.3 Å². The van der Waals surface area contributed by atoms with Crippen LogP contribution < -0.4 is 15.0 Å². The summed E-state index contributed by atoms with van der Waals surface area (Å²) in [6, 6.07) is 14.7. The molecule has 5 rings (SSSR count). The highest BCUT2D eigenvalue weighted by Gasteiger charge is 2.26. The molecule has 2 aromatic heterocycles. The molecule has 3 heterocycles. The molecule has 2 amide bonds. The van der Waals surface area contributed by atoms with Gasteiger partial charge in [0, 0.05) is 29.0 Å². The van der Waals surface area contributed by atoms with E-state index in [0.29, 0.717) is 17.1 Å². The van der Waals surface area contributed by atoms with Crippen molar-refractivity contribution >= 4 is 39.5 Å². The van der Waals surface area contributed by atoms with Crippen molar-refractivity contribution in [1.82, 2.24) is 9.38 Å². The number of imidazole rings is 1. The Morgan fingerprint density at radius 2 is 2.00 bits per heavy atom. The number of carbonyl (C=O) groups is 2. The Morgan fingerprint density at radius 1 is 1.17 bits per heavy atom. The van der Waals surface area contributed by atoms with E-state index in [1.165, 1.54) is 4.90 Å². The highest BCUT2D eigenvalue weighted by atomic mass is 32.1. The SMILES string of the molecule is O=C(CN1C(=O)COc2ccccc21)Nc1ccc(-c2cn3ccsc3n2)cc1. The summed E-state index contributed by atoms with van der Waals surface area (Å²) in [6.45, 7) is -0.140. The van der Waals surface area contributed by atoms with Crippen LogP contribution >= 0.6 is 11.3 Å². The van der Waals surface area contributed by atoms with Crippen molar-refractivity contribution in [1.29, 1.82) is 0 Å². The van der Waals surface area contributed by atoms with Crippen molar-refractivity contribution in [3.63, 3.8) is 0 Å². The molecule has 0 fully saturated rings. The summed E-state index contributed by atoms with van der Waals surface area (Å²) in [5.74, 6) is 0.0866. The minimum Gasteiger partial charge on any atom is -0.482 e. The summed E-state index contributed by atoms with van der Waals surface area (Å²) >= 11 is 1.58. The molecule has 0 spiro atoms. The maximum atomic E-state index is 12.5. The summed E-state index contributed by atoms with van der Waals surface area (Å²) < 4.78 is 7.39. The number of amides is 2. The van der Waals surface area contributed by atoms with Crippen LogP contribution in [0.5, 0.6) is 5.75 Å². The van der Waals surface area contributed by atoms with Crippen LogP contribution in [0.4, 0.5) is 11.4 Å². The highest BCUT2D eigenvalue weighted by Crippen LogP contribution is 2.31. The van der Waals surface area contributed by atoms with E-state index in [-0.39, 0.29) is 25.0 Å². The number of nitrogens with one attached hydrogen (secondary N) is 1. The third-order valence-electron chi connectivity index (χ3n) is 4.67. The number of para-hydroxylation sites is 2. The van der Waals surface area contributed by atoms with E-state index in [1.807, 2.05) is 58.6 Å². The van der Waals surface area contributed by atoms with Gasteiger partial charge in [-0.05, 0) is 24.3 Å². The van der Waals surface area contributed by atoms with Crippen molar-refractivity contribution in [2.24, 2.45) is 0 Å². The first kappa shape index (κ1) is 17.4. The Kier molecular flexibility index (Phi) is 4.25. The molecular weight excluding hydrogens is 388 g/mol. The minimum atomic E-state index is -0.273. The Balaban J connectivity index is 1.29. The number of hydrogen-bond acceptors (Lipinski definition) is 5. The normalized spacial score (nSPS) is 13.2. The largest absolute Gasteiger partial charge is 0.482 e. The number of fused-ring (bicyclic) bond motifs is 2. The Bertz CT molecular complexity index is 1180. The number of thiazole rings is 1. The minimum absolute atomic E-state index is 0.0684. The van der Waals surface area contributed by atoms with Gasteiger partial charge in [0.1, 0.15) is 12.3 Å². The number of anilines is 2. The quantitative estimate of drug-likeness (QED) is 0.565. The molecule has 2 aromatic carbocycles. The molecule has 7 nitrogen and oxygen atoms in total. The van der Waals surface area contributed by atoms with Crippen molar-refractivity contribution < 1.29 is 14.3 Å². The van der Waals surface area contributed by atoms with E-state index in [2.05, 4.69) is 10.3 Å². The fourth-order valence-corrected chi connectivity index (χ4v) is 3.96. The zero-order chi connectivity index (χ0) is 19.8. The zero-order valence-corrected chi connectivity index (χ0v) is 16.1. The van der Waals surface area contributed by atoms with Gasteiger partial charge in [-0.15, -0.1) is 11.3 Å². The van der Waals surface area contributed by atoms with E-state index in [4.69, 9.17) is 4.74 Å². The summed E-state index contributed by atoms with van der Waals surface area (Å²) in [5, 5.41) is 4.83. The summed E-state index contributed by atoms with van der Waals surface area (Å²) in [6.07, 6.45) is 3.94. The second-order valence-electron chi connectivity index (χ2n) is 6.58. The maximum Gasteiger partial charge on any atom is 0.265 e. The van der Waals surface area contributed by atoms with Crippen LogP contribution in [0.1, 0.15) is 0 Å². The van der Waals surface area contributed by atoms with Gasteiger partial charge in [0.15, 0.2) is 11.6 Å². The van der Waals surface area contributed by atoms with Gasteiger partial charge in [0.25, 0.3) is 5.91 Å². The van der Waals surface area contributed by atoms with Crippen LogP contribution in [0.25, 0.3) is 16.2 Å². The van der Waals surface area contributed by atoms with Crippen LogP contribution in [-0.4, -0.2) is 34.4 Å². The molecule has 0 saturated heterocycles. The molecule has 8 heteroatoms. The van der Waals surface area contributed by atoms with E-state index < -0.39 is 0 Å². The fourth-order valence-electron chi connectivity index (χ4n) is 3.26. The van der Waals surface area contributed by atoms with Crippen LogP contribution in [0.15, 0.2) is 66.3 Å². The predicted octanol–water partition coefficient (Wildman–Crippen LogP) is 3.43. The summed E-state index contributed by atoms with van der Waals surface area (Å²) in [5.41, 5.74) is 3.11. The average molecular weight is 404 g/mol. The number of carbonyl (C=O) groups excluding carboxylic acids is 2. The fraction of sp³-hybridized carbons (Fsp3) is 0.0952. The number of benzene rings is 2. The first-order valence-corrected chi connectivity index (χ1v) is 9.90. The molecule has 4 aromatic rings. The molecule has 0 saturated carbocycles. The van der Waals surface area contributed by atoms with E-state index in [1.54, 1.807) is 23.5 Å². The number of aromatic nitrogens is 2. The van der Waals surface area contributed by atoms with E-state index in [9.17, 15) is 9.59 Å². The standard InChI is InChI=1S/C21H16N4O3S/c26-19(12-25-17-3-1-2-4-18(17)28-13-20(25)27)22-15-7-5-14(6-8-15)16-11-24-9-10-29-21(24)23-16/h1-11H,12-13H2,(H,22,26). The van der Waals surface area contributed by atoms with Crippen LogP contribution in [0.3, 0.4) is 0 Å². The van der Waals surface area contributed by atoms with Crippen molar-refractivity contribution in [3.8, 4) is 17.0 Å².